The molecule has 1 saturated heterocycles. The number of methoxy groups -OCH3 is 2. The Bertz CT molecular complexity index is 974. The van der Waals surface area contributed by atoms with Crippen LogP contribution in [0, 0.1) is 5.92 Å². The second kappa shape index (κ2) is 9.15. The Labute approximate surface area is 179 Å². The first-order valence-electron chi connectivity index (χ1n) is 9.14. The lowest BCUT2D eigenvalue weighted by atomic mass is 9.97. The fraction of sp³-hybridized carbons (Fsp3) is 0.350. The van der Waals surface area contributed by atoms with Gasteiger partial charge in [0, 0.05) is 35.2 Å². The Balaban J connectivity index is 1.71. The molecule has 7 nitrogen and oxygen atoms in total. The molecule has 9 heteroatoms. The minimum atomic E-state index is -3.74. The number of rotatable bonds is 6. The number of hydrogen-bond donors (Lipinski definition) is 1. The van der Waals surface area contributed by atoms with Gasteiger partial charge < -0.3 is 14.8 Å². The van der Waals surface area contributed by atoms with Gasteiger partial charge in [-0.25, -0.2) is 8.42 Å². The first-order chi connectivity index (χ1) is 13.9. The first-order valence-corrected chi connectivity index (χ1v) is 11.4. The van der Waals surface area contributed by atoms with E-state index in [2.05, 4.69) is 21.2 Å². The summed E-state index contributed by atoms with van der Waals surface area (Å²) in [6.45, 7) is 0.548. The highest BCUT2D eigenvalue weighted by Crippen LogP contribution is 2.37. The lowest BCUT2D eigenvalue weighted by Crippen LogP contribution is -2.41. The van der Waals surface area contributed by atoms with Crippen molar-refractivity contribution < 1.29 is 22.7 Å². The molecule has 0 unspecified atom stereocenters. The molecule has 2 aromatic carbocycles. The van der Waals surface area contributed by atoms with Crippen molar-refractivity contribution >= 4 is 37.5 Å². The number of carbonyl (C=O) groups is 1. The van der Waals surface area contributed by atoms with Gasteiger partial charge in [-0.1, -0.05) is 18.2 Å². The van der Waals surface area contributed by atoms with Crippen molar-refractivity contribution in [2.45, 2.75) is 17.7 Å². The smallest absolute Gasteiger partial charge is 0.244 e. The Hall–Kier alpha value is -2.10. The highest BCUT2D eigenvalue weighted by Gasteiger charge is 2.33. The topological polar surface area (TPSA) is 84.9 Å². The van der Waals surface area contributed by atoms with Crippen LogP contribution in [-0.2, 0) is 14.8 Å². The molecule has 29 heavy (non-hydrogen) atoms. The van der Waals surface area contributed by atoms with Gasteiger partial charge >= 0.3 is 0 Å². The number of amides is 1. The zero-order valence-electron chi connectivity index (χ0n) is 16.2. The molecule has 0 aliphatic carbocycles. The average Bonchev–Trinajstić information content (AvgIpc) is 2.74. The van der Waals surface area contributed by atoms with Crippen LogP contribution in [0.4, 0.5) is 5.69 Å². The molecule has 1 aliphatic rings. The largest absolute Gasteiger partial charge is 0.493 e. The number of nitrogens with one attached hydrogen (secondary N) is 1. The third-order valence-corrected chi connectivity index (χ3v) is 7.78. The fourth-order valence-corrected chi connectivity index (χ4v) is 5.76. The van der Waals surface area contributed by atoms with Crippen molar-refractivity contribution in [2.24, 2.45) is 5.92 Å². The molecule has 0 atom stereocenters. The van der Waals surface area contributed by atoms with E-state index in [9.17, 15) is 13.2 Å². The number of halogens is 1. The van der Waals surface area contributed by atoms with Crippen LogP contribution < -0.4 is 14.8 Å². The van der Waals surface area contributed by atoms with Gasteiger partial charge in [-0.3, -0.25) is 4.79 Å². The Kier molecular flexibility index (Phi) is 6.81. The van der Waals surface area contributed by atoms with Crippen molar-refractivity contribution in [1.29, 1.82) is 0 Å². The van der Waals surface area contributed by atoms with Crippen LogP contribution in [0.2, 0.25) is 0 Å². The van der Waals surface area contributed by atoms with Crippen LogP contribution >= 0.6 is 15.9 Å². The minimum absolute atomic E-state index is 0.0828. The monoisotopic (exact) mass is 482 g/mol. The minimum Gasteiger partial charge on any atom is -0.493 e. The number of nitrogens with zero attached hydrogens (tertiary/aromatic N) is 1. The number of sulfonamides is 1. The first kappa shape index (κ1) is 21.6. The molecule has 0 saturated carbocycles. The molecule has 1 heterocycles. The van der Waals surface area contributed by atoms with Gasteiger partial charge in [0.05, 0.1) is 14.2 Å². The van der Waals surface area contributed by atoms with E-state index >= 15 is 0 Å². The maximum Gasteiger partial charge on any atom is 0.244 e. The summed E-state index contributed by atoms with van der Waals surface area (Å²) in [6.07, 6.45) is 0.922. The summed E-state index contributed by atoms with van der Waals surface area (Å²) in [5.74, 6) is 0.470. The zero-order chi connectivity index (χ0) is 21.0. The quantitative estimate of drug-likeness (QED) is 0.680. The van der Waals surface area contributed by atoms with Crippen molar-refractivity contribution in [3.8, 4) is 11.5 Å². The predicted molar refractivity (Wildman–Crippen MR) is 114 cm³/mol. The highest BCUT2D eigenvalue weighted by atomic mass is 79.9. The van der Waals surface area contributed by atoms with Gasteiger partial charge in [-0.2, -0.15) is 4.31 Å². The van der Waals surface area contributed by atoms with Crippen LogP contribution in [-0.4, -0.2) is 45.9 Å². The van der Waals surface area contributed by atoms with E-state index in [4.69, 9.17) is 9.47 Å². The second-order valence-corrected chi connectivity index (χ2v) is 9.43. The van der Waals surface area contributed by atoms with E-state index in [1.807, 2.05) is 30.3 Å². The number of ether oxygens (including phenoxy) is 2. The molecule has 1 fully saturated rings. The summed E-state index contributed by atoms with van der Waals surface area (Å²) in [6, 6.07) is 12.3. The molecule has 3 rings (SSSR count). The number of hydrogen-bond acceptors (Lipinski definition) is 5. The summed E-state index contributed by atoms with van der Waals surface area (Å²) >= 11 is 3.32. The van der Waals surface area contributed by atoms with Crippen LogP contribution in [0.1, 0.15) is 12.8 Å². The van der Waals surface area contributed by atoms with Crippen LogP contribution in [0.3, 0.4) is 0 Å². The molecule has 0 bridgehead atoms. The van der Waals surface area contributed by atoms with Crippen molar-refractivity contribution in [2.75, 3.05) is 32.6 Å². The van der Waals surface area contributed by atoms with E-state index in [1.165, 1.54) is 24.6 Å². The van der Waals surface area contributed by atoms with Crippen molar-refractivity contribution in [1.82, 2.24) is 4.31 Å². The second-order valence-electron chi connectivity index (χ2n) is 6.67. The summed E-state index contributed by atoms with van der Waals surface area (Å²) in [7, 11) is -0.792. The Morgan fingerprint density at radius 1 is 1.07 bits per heavy atom. The molecule has 156 valence electrons. The summed E-state index contributed by atoms with van der Waals surface area (Å²) in [5, 5.41) is 2.89. The van der Waals surface area contributed by atoms with Gasteiger partial charge in [-0.05, 0) is 47.0 Å². The Morgan fingerprint density at radius 2 is 1.66 bits per heavy atom. The maximum atomic E-state index is 13.1. The third kappa shape index (κ3) is 4.73. The molecule has 1 N–H and O–H groups in total. The van der Waals surface area contributed by atoms with E-state index < -0.39 is 10.0 Å². The molecule has 0 spiro atoms. The third-order valence-electron chi connectivity index (χ3n) is 4.92. The SMILES string of the molecule is COc1cc(Br)c(S(=O)(=O)N2CCC(C(=O)Nc3ccccc3)CC2)cc1OC. The molecule has 0 radical (unpaired) electrons. The van der Waals surface area contributed by atoms with Gasteiger partial charge in [0.15, 0.2) is 11.5 Å². The van der Waals surface area contributed by atoms with E-state index in [0.29, 0.717) is 28.8 Å². The average molecular weight is 483 g/mol. The zero-order valence-corrected chi connectivity index (χ0v) is 18.6. The number of piperidine rings is 1. The molecule has 0 aromatic heterocycles. The molecular formula is C20H23BrN2O5S. The normalized spacial score (nSPS) is 15.7. The number of benzene rings is 2. The van der Waals surface area contributed by atoms with Crippen molar-refractivity contribution in [3.05, 3.63) is 46.9 Å². The lowest BCUT2D eigenvalue weighted by Gasteiger charge is -2.31. The Morgan fingerprint density at radius 3 is 2.24 bits per heavy atom. The maximum absolute atomic E-state index is 13.1. The van der Waals surface area contributed by atoms with E-state index in [-0.39, 0.29) is 29.8 Å². The van der Waals surface area contributed by atoms with Crippen LogP contribution in [0.25, 0.3) is 0 Å². The standard InChI is InChI=1S/C20H23BrN2O5S/c1-27-17-12-16(21)19(13-18(17)28-2)29(25,26)23-10-8-14(9-11-23)20(24)22-15-6-4-3-5-7-15/h3-7,12-14H,8-11H2,1-2H3,(H,22,24). The molecule has 1 aliphatic heterocycles. The van der Waals surface area contributed by atoms with Gasteiger partial charge in [0.2, 0.25) is 15.9 Å². The number of anilines is 1. The van der Waals surface area contributed by atoms with E-state index in [0.717, 1.165) is 5.69 Å². The number of carbonyl (C=O) groups excluding carboxylic acids is 1. The highest BCUT2D eigenvalue weighted by molar-refractivity contribution is 9.10. The van der Waals surface area contributed by atoms with E-state index in [1.54, 1.807) is 6.07 Å². The summed E-state index contributed by atoms with van der Waals surface area (Å²) in [4.78, 5) is 12.6. The van der Waals surface area contributed by atoms with Gasteiger partial charge in [-0.15, -0.1) is 0 Å². The molecular weight excluding hydrogens is 460 g/mol. The lowest BCUT2D eigenvalue weighted by molar-refractivity contribution is -0.120. The van der Waals surface area contributed by atoms with Gasteiger partial charge in [0.1, 0.15) is 4.90 Å². The van der Waals surface area contributed by atoms with Crippen LogP contribution in [0.5, 0.6) is 11.5 Å². The molecule has 2 aromatic rings. The summed E-state index contributed by atoms with van der Waals surface area (Å²) in [5.41, 5.74) is 0.738. The van der Waals surface area contributed by atoms with Crippen molar-refractivity contribution in [3.63, 3.8) is 0 Å². The predicted octanol–water partition coefficient (Wildman–Crippen LogP) is 3.51. The summed E-state index contributed by atoms with van der Waals surface area (Å²) < 4.78 is 38.5. The number of para-hydroxylation sites is 1. The molecule has 1 amide bonds. The van der Waals surface area contributed by atoms with Gasteiger partial charge in [0.25, 0.3) is 0 Å². The van der Waals surface area contributed by atoms with Crippen LogP contribution in [0.15, 0.2) is 51.8 Å². The fourth-order valence-electron chi connectivity index (χ4n) is 3.30.